The molecular formula is C24H22N2O3S. The molecule has 1 unspecified atom stereocenters. The molecule has 3 aromatic rings. The predicted octanol–water partition coefficient (Wildman–Crippen LogP) is 5.00. The van der Waals surface area contributed by atoms with Gasteiger partial charge in [-0.15, -0.1) is 11.3 Å². The van der Waals surface area contributed by atoms with E-state index in [1.54, 1.807) is 12.1 Å². The highest BCUT2D eigenvalue weighted by Crippen LogP contribution is 2.43. The maximum absolute atomic E-state index is 13.1. The molecule has 1 atom stereocenters. The number of carbonyl (C=O) groups is 2. The largest absolute Gasteiger partial charge is 0.507 e. The van der Waals surface area contributed by atoms with E-state index in [0.717, 1.165) is 27.3 Å². The highest BCUT2D eigenvalue weighted by Gasteiger charge is 2.48. The molecule has 0 saturated carbocycles. The van der Waals surface area contributed by atoms with Gasteiger partial charge in [0, 0.05) is 10.4 Å². The Morgan fingerprint density at radius 2 is 1.50 bits per heavy atom. The molecular weight excluding hydrogens is 396 g/mol. The Kier molecular flexibility index (Phi) is 5.03. The summed E-state index contributed by atoms with van der Waals surface area (Å²) >= 11 is 1.37. The smallest absolute Gasteiger partial charge is 0.301 e. The van der Waals surface area contributed by atoms with Gasteiger partial charge in [-0.3, -0.25) is 14.5 Å². The molecule has 1 aliphatic rings. The lowest BCUT2D eigenvalue weighted by atomic mass is 9.94. The van der Waals surface area contributed by atoms with Gasteiger partial charge in [0.25, 0.3) is 5.78 Å². The Hall–Kier alpha value is -3.25. The number of ketones is 1. The van der Waals surface area contributed by atoms with Crippen LogP contribution in [0.5, 0.6) is 0 Å². The van der Waals surface area contributed by atoms with Crippen LogP contribution >= 0.6 is 11.3 Å². The number of nitrogens with zero attached hydrogens (tertiary/aromatic N) is 2. The van der Waals surface area contributed by atoms with Crippen LogP contribution in [0.2, 0.25) is 0 Å². The van der Waals surface area contributed by atoms with Gasteiger partial charge in [-0.25, -0.2) is 4.98 Å². The Bertz CT molecular complexity index is 1150. The molecule has 4 rings (SSSR count). The summed E-state index contributed by atoms with van der Waals surface area (Å²) in [6.45, 7) is 7.72. The van der Waals surface area contributed by atoms with E-state index in [9.17, 15) is 14.7 Å². The molecule has 1 fully saturated rings. The summed E-state index contributed by atoms with van der Waals surface area (Å²) in [4.78, 5) is 33.1. The molecule has 6 heteroatoms. The van der Waals surface area contributed by atoms with Gasteiger partial charge in [0.1, 0.15) is 5.76 Å². The van der Waals surface area contributed by atoms with Crippen LogP contribution in [0.4, 0.5) is 5.13 Å². The quantitative estimate of drug-likeness (QED) is 0.369. The van der Waals surface area contributed by atoms with Crippen molar-refractivity contribution < 1.29 is 14.7 Å². The molecule has 152 valence electrons. The zero-order chi connectivity index (χ0) is 21.6. The van der Waals surface area contributed by atoms with Crippen molar-refractivity contribution in [1.29, 1.82) is 0 Å². The average Bonchev–Trinajstić information content (AvgIpc) is 3.18. The van der Waals surface area contributed by atoms with Gasteiger partial charge >= 0.3 is 5.91 Å². The number of hydrogen-bond donors (Lipinski definition) is 1. The van der Waals surface area contributed by atoms with Crippen LogP contribution in [-0.2, 0) is 9.59 Å². The second-order valence-corrected chi connectivity index (χ2v) is 8.77. The first kappa shape index (κ1) is 20.0. The summed E-state index contributed by atoms with van der Waals surface area (Å²) in [6, 6.07) is 14.1. The van der Waals surface area contributed by atoms with Crippen molar-refractivity contribution in [2.45, 2.75) is 33.7 Å². The maximum atomic E-state index is 13.1. The lowest BCUT2D eigenvalue weighted by Crippen LogP contribution is -2.29. The van der Waals surface area contributed by atoms with Crippen molar-refractivity contribution in [2.24, 2.45) is 0 Å². The number of aliphatic hydroxyl groups excluding tert-OH is 1. The van der Waals surface area contributed by atoms with E-state index in [1.807, 2.05) is 64.1 Å². The first-order valence-electron chi connectivity index (χ1n) is 9.66. The number of benzene rings is 2. The van der Waals surface area contributed by atoms with Gasteiger partial charge in [0.15, 0.2) is 5.13 Å². The van der Waals surface area contributed by atoms with Crippen molar-refractivity contribution in [1.82, 2.24) is 4.98 Å². The third kappa shape index (κ3) is 3.33. The second kappa shape index (κ2) is 7.54. The third-order valence-corrected chi connectivity index (χ3v) is 6.46. The molecule has 2 heterocycles. The molecule has 5 nitrogen and oxygen atoms in total. The van der Waals surface area contributed by atoms with Crippen LogP contribution < -0.4 is 4.90 Å². The third-order valence-electron chi connectivity index (χ3n) is 5.39. The molecule has 0 bridgehead atoms. The van der Waals surface area contributed by atoms with Crippen LogP contribution in [0.15, 0.2) is 54.1 Å². The topological polar surface area (TPSA) is 70.5 Å². The number of aromatic nitrogens is 1. The van der Waals surface area contributed by atoms with Crippen LogP contribution in [0, 0.1) is 27.7 Å². The number of amides is 1. The zero-order valence-electron chi connectivity index (χ0n) is 17.3. The summed E-state index contributed by atoms with van der Waals surface area (Å²) in [7, 11) is 0. The van der Waals surface area contributed by atoms with Gasteiger partial charge < -0.3 is 5.11 Å². The van der Waals surface area contributed by atoms with E-state index in [2.05, 4.69) is 4.98 Å². The van der Waals surface area contributed by atoms with Gasteiger partial charge in [-0.2, -0.15) is 0 Å². The lowest BCUT2D eigenvalue weighted by Gasteiger charge is -2.23. The predicted molar refractivity (Wildman–Crippen MR) is 119 cm³/mol. The number of carbonyl (C=O) groups excluding carboxylic acids is 2. The van der Waals surface area contributed by atoms with Gasteiger partial charge in [-0.05, 0) is 33.3 Å². The van der Waals surface area contributed by atoms with E-state index in [0.29, 0.717) is 10.7 Å². The minimum absolute atomic E-state index is 0.0817. The average molecular weight is 419 g/mol. The number of aliphatic hydroxyl groups is 1. The highest BCUT2D eigenvalue weighted by molar-refractivity contribution is 7.16. The van der Waals surface area contributed by atoms with Crippen LogP contribution in [0.25, 0.3) is 5.76 Å². The monoisotopic (exact) mass is 418 g/mol. The molecule has 2 aromatic carbocycles. The van der Waals surface area contributed by atoms with Crippen LogP contribution in [-0.4, -0.2) is 21.8 Å². The number of Topliss-reactive ketones (excluding diaryl/α,β-unsaturated/α-hetero) is 1. The van der Waals surface area contributed by atoms with Gasteiger partial charge in [-0.1, -0.05) is 59.7 Å². The summed E-state index contributed by atoms with van der Waals surface area (Å²) in [5, 5.41) is 11.5. The molecule has 1 saturated heterocycles. The molecule has 1 aliphatic heterocycles. The van der Waals surface area contributed by atoms with Crippen molar-refractivity contribution in [2.75, 3.05) is 4.90 Å². The molecule has 1 amide bonds. The molecule has 0 aliphatic carbocycles. The summed E-state index contributed by atoms with van der Waals surface area (Å²) in [5.41, 5.74) is 4.25. The number of anilines is 1. The standard InChI is InChI=1S/C24H22N2O3S/c1-13-5-9-17(10-6-13)20-19(21(27)18-11-7-14(2)8-12-18)22(28)23(29)26(20)24-25-15(3)16(4)30-24/h5-12,20,27H,1-4H3/b21-19+. The number of thiazole rings is 1. The normalized spacial score (nSPS) is 18.3. The number of rotatable bonds is 3. The Morgan fingerprint density at radius 3 is 2.03 bits per heavy atom. The minimum Gasteiger partial charge on any atom is -0.507 e. The van der Waals surface area contributed by atoms with Gasteiger partial charge in [0.2, 0.25) is 0 Å². The van der Waals surface area contributed by atoms with E-state index in [1.165, 1.54) is 16.2 Å². The van der Waals surface area contributed by atoms with Crippen LogP contribution in [0.1, 0.15) is 38.9 Å². The first-order chi connectivity index (χ1) is 14.3. The molecule has 0 radical (unpaired) electrons. The van der Waals surface area contributed by atoms with E-state index < -0.39 is 17.7 Å². The fourth-order valence-corrected chi connectivity index (χ4v) is 4.46. The van der Waals surface area contributed by atoms with Crippen molar-refractivity contribution >= 4 is 33.9 Å². The molecule has 1 N–H and O–H groups in total. The van der Waals surface area contributed by atoms with Crippen LogP contribution in [0.3, 0.4) is 0 Å². The Morgan fingerprint density at radius 1 is 0.933 bits per heavy atom. The highest BCUT2D eigenvalue weighted by atomic mass is 32.1. The Balaban J connectivity index is 1.94. The van der Waals surface area contributed by atoms with E-state index >= 15 is 0 Å². The molecule has 30 heavy (non-hydrogen) atoms. The maximum Gasteiger partial charge on any atom is 0.301 e. The van der Waals surface area contributed by atoms with Gasteiger partial charge in [0.05, 0.1) is 17.3 Å². The number of aryl methyl sites for hydroxylation is 4. The van der Waals surface area contributed by atoms with Crippen molar-refractivity contribution in [3.63, 3.8) is 0 Å². The molecule has 0 spiro atoms. The van der Waals surface area contributed by atoms with Crippen molar-refractivity contribution in [3.8, 4) is 0 Å². The number of hydrogen-bond acceptors (Lipinski definition) is 5. The lowest BCUT2D eigenvalue weighted by molar-refractivity contribution is -0.132. The zero-order valence-corrected chi connectivity index (χ0v) is 18.1. The summed E-state index contributed by atoms with van der Waals surface area (Å²) in [5.74, 6) is -1.56. The second-order valence-electron chi connectivity index (χ2n) is 7.58. The SMILES string of the molecule is Cc1ccc(/C(O)=C2\C(=O)C(=O)N(c3nc(C)c(C)s3)C2c2ccc(C)cc2)cc1. The summed E-state index contributed by atoms with van der Waals surface area (Å²) in [6.07, 6.45) is 0. The fourth-order valence-electron chi connectivity index (χ4n) is 3.52. The van der Waals surface area contributed by atoms with Crippen molar-refractivity contribution in [3.05, 3.63) is 86.9 Å². The van der Waals surface area contributed by atoms with E-state index in [-0.39, 0.29) is 11.3 Å². The fraction of sp³-hybridized carbons (Fsp3) is 0.208. The Labute approximate surface area is 179 Å². The molecule has 1 aromatic heterocycles. The summed E-state index contributed by atoms with van der Waals surface area (Å²) < 4.78 is 0. The minimum atomic E-state index is -0.739. The van der Waals surface area contributed by atoms with E-state index in [4.69, 9.17) is 0 Å². The first-order valence-corrected chi connectivity index (χ1v) is 10.5.